The van der Waals surface area contributed by atoms with E-state index in [0.29, 0.717) is 43.2 Å². The van der Waals surface area contributed by atoms with Gasteiger partial charge < -0.3 is 20.5 Å². The fraction of sp³-hybridized carbons (Fsp3) is 0.588. The maximum atomic E-state index is 9.91. The van der Waals surface area contributed by atoms with Crippen LogP contribution in [-0.2, 0) is 11.3 Å². The third kappa shape index (κ3) is 9.43. The molecule has 0 fully saturated rings. The minimum atomic E-state index is -0.562. The van der Waals surface area contributed by atoms with Crippen molar-refractivity contribution in [2.24, 2.45) is 10.9 Å². The minimum absolute atomic E-state index is 0.321. The van der Waals surface area contributed by atoms with Crippen LogP contribution in [0.2, 0.25) is 5.02 Å². The molecule has 0 aliphatic rings. The van der Waals surface area contributed by atoms with E-state index < -0.39 is 6.10 Å². The van der Waals surface area contributed by atoms with Crippen LogP contribution < -0.4 is 10.6 Å². The highest BCUT2D eigenvalue weighted by Crippen LogP contribution is 2.10. The minimum Gasteiger partial charge on any atom is -0.389 e. The summed E-state index contributed by atoms with van der Waals surface area (Å²) in [6.07, 6.45) is -0.562. The molecule has 3 N–H and O–H groups in total. The van der Waals surface area contributed by atoms with E-state index in [1.807, 2.05) is 31.2 Å². The van der Waals surface area contributed by atoms with Crippen molar-refractivity contribution in [3.05, 3.63) is 34.9 Å². The molecule has 1 aromatic rings. The highest BCUT2D eigenvalue weighted by atomic mass is 35.5. The Bertz CT molecular complexity index is 463. The van der Waals surface area contributed by atoms with Crippen LogP contribution in [0.25, 0.3) is 0 Å². The normalized spacial score (nSPS) is 13.2. The number of rotatable bonds is 9. The summed E-state index contributed by atoms with van der Waals surface area (Å²) in [5.74, 6) is 1.14. The molecule has 0 aliphatic heterocycles. The molecule has 130 valence electrons. The van der Waals surface area contributed by atoms with Crippen molar-refractivity contribution in [2.45, 2.75) is 33.4 Å². The highest BCUT2D eigenvalue weighted by molar-refractivity contribution is 6.30. The lowest BCUT2D eigenvalue weighted by molar-refractivity contribution is 0.0280. The molecule has 0 spiro atoms. The summed E-state index contributed by atoms with van der Waals surface area (Å²) in [4.78, 5) is 4.49. The van der Waals surface area contributed by atoms with Gasteiger partial charge in [0.05, 0.1) is 19.3 Å². The van der Waals surface area contributed by atoms with Gasteiger partial charge in [-0.1, -0.05) is 37.6 Å². The van der Waals surface area contributed by atoms with Crippen molar-refractivity contribution >= 4 is 17.6 Å². The summed E-state index contributed by atoms with van der Waals surface area (Å²) in [5.41, 5.74) is 1.08. The maximum absolute atomic E-state index is 9.91. The molecule has 0 saturated carbocycles. The lowest BCUT2D eigenvalue weighted by atomic mass is 10.2. The Morgan fingerprint density at radius 2 is 1.91 bits per heavy atom. The first-order chi connectivity index (χ1) is 11.0. The number of aliphatic hydroxyl groups excluding tert-OH is 1. The Kier molecular flexibility index (Phi) is 9.67. The van der Waals surface area contributed by atoms with Crippen molar-refractivity contribution in [3.8, 4) is 0 Å². The average molecular weight is 342 g/mol. The van der Waals surface area contributed by atoms with E-state index in [-0.39, 0.29) is 0 Å². The van der Waals surface area contributed by atoms with Gasteiger partial charge in [0, 0.05) is 24.7 Å². The highest BCUT2D eigenvalue weighted by Gasteiger charge is 2.06. The second kappa shape index (κ2) is 11.3. The van der Waals surface area contributed by atoms with Crippen LogP contribution in [0, 0.1) is 5.92 Å². The molecule has 5 nitrogen and oxygen atoms in total. The number of nitrogens with one attached hydrogen (secondary N) is 2. The largest absolute Gasteiger partial charge is 0.389 e. The average Bonchev–Trinajstić information content (AvgIpc) is 2.51. The molecule has 1 unspecified atom stereocenters. The zero-order chi connectivity index (χ0) is 17.1. The molecule has 0 saturated heterocycles. The fourth-order valence-electron chi connectivity index (χ4n) is 1.82. The molecule has 23 heavy (non-hydrogen) atoms. The summed E-state index contributed by atoms with van der Waals surface area (Å²) < 4.78 is 5.43. The first kappa shape index (κ1) is 19.7. The van der Waals surface area contributed by atoms with Gasteiger partial charge in [-0.15, -0.1) is 0 Å². The van der Waals surface area contributed by atoms with E-state index in [9.17, 15) is 5.11 Å². The lowest BCUT2D eigenvalue weighted by Gasteiger charge is -2.16. The van der Waals surface area contributed by atoms with E-state index >= 15 is 0 Å². The summed E-state index contributed by atoms with van der Waals surface area (Å²) >= 11 is 5.87. The van der Waals surface area contributed by atoms with Crippen LogP contribution in [0.1, 0.15) is 26.3 Å². The van der Waals surface area contributed by atoms with E-state index in [4.69, 9.17) is 16.3 Å². The summed E-state index contributed by atoms with van der Waals surface area (Å²) in [6.45, 7) is 8.84. The van der Waals surface area contributed by atoms with Gasteiger partial charge in [-0.05, 0) is 30.5 Å². The van der Waals surface area contributed by atoms with Gasteiger partial charge in [0.1, 0.15) is 0 Å². The number of aliphatic imine (C=N–C) groups is 1. The predicted molar refractivity (Wildman–Crippen MR) is 95.9 cm³/mol. The molecule has 1 aromatic carbocycles. The van der Waals surface area contributed by atoms with E-state index in [0.717, 1.165) is 12.1 Å². The summed E-state index contributed by atoms with van der Waals surface area (Å²) in [7, 11) is 0. The molecule has 0 amide bonds. The molecule has 0 bridgehead atoms. The Morgan fingerprint density at radius 1 is 1.22 bits per heavy atom. The molecule has 0 aromatic heterocycles. The van der Waals surface area contributed by atoms with Crippen molar-refractivity contribution < 1.29 is 9.84 Å². The van der Waals surface area contributed by atoms with Gasteiger partial charge in [-0.2, -0.15) is 0 Å². The lowest BCUT2D eigenvalue weighted by Crippen LogP contribution is -2.42. The molecule has 1 rings (SSSR count). The predicted octanol–water partition coefficient (Wildman–Crippen LogP) is 2.43. The molecular formula is C17H28ClN3O2. The number of nitrogens with zero attached hydrogens (tertiary/aromatic N) is 1. The number of ether oxygens (including phenoxy) is 1. The van der Waals surface area contributed by atoms with Crippen LogP contribution in [0.4, 0.5) is 0 Å². The molecule has 6 heteroatoms. The van der Waals surface area contributed by atoms with Crippen molar-refractivity contribution in [2.75, 3.05) is 26.3 Å². The monoisotopic (exact) mass is 341 g/mol. The molecule has 0 radical (unpaired) electrons. The Morgan fingerprint density at radius 3 is 2.52 bits per heavy atom. The summed E-state index contributed by atoms with van der Waals surface area (Å²) in [5, 5.41) is 16.9. The van der Waals surface area contributed by atoms with E-state index in [1.54, 1.807) is 0 Å². The van der Waals surface area contributed by atoms with Crippen LogP contribution in [0.3, 0.4) is 0 Å². The fourth-order valence-corrected chi connectivity index (χ4v) is 1.94. The zero-order valence-corrected chi connectivity index (χ0v) is 14.9. The SMILES string of the molecule is CCNC(=NCc1ccc(Cl)cc1)NCC(O)COCC(C)C. The van der Waals surface area contributed by atoms with Crippen LogP contribution in [0.15, 0.2) is 29.3 Å². The third-order valence-corrected chi connectivity index (χ3v) is 3.20. The second-order valence-electron chi connectivity index (χ2n) is 5.79. The van der Waals surface area contributed by atoms with Crippen molar-refractivity contribution in [1.82, 2.24) is 10.6 Å². The Balaban J connectivity index is 2.41. The van der Waals surface area contributed by atoms with Crippen LogP contribution >= 0.6 is 11.6 Å². The van der Waals surface area contributed by atoms with Crippen LogP contribution in [0.5, 0.6) is 0 Å². The standard InChI is InChI=1S/C17H28ClN3O2/c1-4-19-17(20-9-14-5-7-15(18)8-6-14)21-10-16(22)12-23-11-13(2)3/h5-8,13,16,22H,4,9-12H2,1-3H3,(H2,19,20,21). The molecule has 1 atom stereocenters. The second-order valence-corrected chi connectivity index (χ2v) is 6.22. The zero-order valence-electron chi connectivity index (χ0n) is 14.2. The quantitative estimate of drug-likeness (QED) is 0.477. The van der Waals surface area contributed by atoms with Gasteiger partial charge in [0.15, 0.2) is 5.96 Å². The van der Waals surface area contributed by atoms with Gasteiger partial charge in [-0.3, -0.25) is 0 Å². The first-order valence-electron chi connectivity index (χ1n) is 8.03. The van der Waals surface area contributed by atoms with Gasteiger partial charge in [0.2, 0.25) is 0 Å². The number of benzene rings is 1. The number of halogens is 1. The molecular weight excluding hydrogens is 314 g/mol. The van der Waals surface area contributed by atoms with Crippen molar-refractivity contribution in [3.63, 3.8) is 0 Å². The summed E-state index contributed by atoms with van der Waals surface area (Å²) in [6, 6.07) is 7.60. The van der Waals surface area contributed by atoms with Gasteiger partial charge in [0.25, 0.3) is 0 Å². The smallest absolute Gasteiger partial charge is 0.191 e. The number of guanidine groups is 1. The number of hydrogen-bond donors (Lipinski definition) is 3. The molecule has 0 aliphatic carbocycles. The van der Waals surface area contributed by atoms with E-state index in [2.05, 4.69) is 29.5 Å². The van der Waals surface area contributed by atoms with Crippen molar-refractivity contribution in [1.29, 1.82) is 0 Å². The Hall–Kier alpha value is -1.30. The van der Waals surface area contributed by atoms with Gasteiger partial charge >= 0.3 is 0 Å². The van der Waals surface area contributed by atoms with Crippen LogP contribution in [-0.4, -0.2) is 43.5 Å². The first-order valence-corrected chi connectivity index (χ1v) is 8.41. The third-order valence-electron chi connectivity index (χ3n) is 2.94. The Labute approximate surface area is 144 Å². The topological polar surface area (TPSA) is 65.9 Å². The number of hydrogen-bond acceptors (Lipinski definition) is 3. The maximum Gasteiger partial charge on any atom is 0.191 e. The molecule has 0 heterocycles. The van der Waals surface area contributed by atoms with Gasteiger partial charge in [-0.25, -0.2) is 4.99 Å². The number of aliphatic hydroxyl groups is 1. The van der Waals surface area contributed by atoms with E-state index in [1.165, 1.54) is 0 Å².